The van der Waals surface area contributed by atoms with E-state index in [2.05, 4.69) is 30.0 Å². The van der Waals surface area contributed by atoms with Crippen LogP contribution >= 0.6 is 0 Å². The third kappa shape index (κ3) is 3.66. The second-order valence-corrected chi connectivity index (χ2v) is 4.85. The molecule has 1 aromatic heterocycles. The Labute approximate surface area is 114 Å². The van der Waals surface area contributed by atoms with Crippen molar-refractivity contribution < 1.29 is 4.74 Å². The summed E-state index contributed by atoms with van der Waals surface area (Å²) in [6, 6.07) is 10.1. The first-order valence-corrected chi connectivity index (χ1v) is 6.57. The van der Waals surface area contributed by atoms with Gasteiger partial charge in [-0.25, -0.2) is 4.98 Å². The molecule has 0 fully saturated rings. The second-order valence-electron chi connectivity index (χ2n) is 4.85. The van der Waals surface area contributed by atoms with Crippen molar-refractivity contribution in [2.45, 2.75) is 13.0 Å². The number of benzene rings is 1. The van der Waals surface area contributed by atoms with Gasteiger partial charge in [-0.05, 0) is 32.6 Å². The molecule has 0 radical (unpaired) electrons. The lowest BCUT2D eigenvalue weighted by Gasteiger charge is -2.12. The van der Waals surface area contributed by atoms with Gasteiger partial charge in [0.25, 0.3) is 0 Å². The predicted octanol–water partition coefficient (Wildman–Crippen LogP) is 2.02. The highest BCUT2D eigenvalue weighted by Crippen LogP contribution is 2.21. The van der Waals surface area contributed by atoms with E-state index in [-0.39, 0.29) is 0 Å². The zero-order chi connectivity index (χ0) is 13.7. The molecule has 0 unspecified atom stereocenters. The van der Waals surface area contributed by atoms with Crippen molar-refractivity contribution in [1.82, 2.24) is 9.88 Å². The molecule has 0 spiro atoms. The SMILES string of the molecule is CN(C)CCCOc1nc2ccccc2cc1CN. The van der Waals surface area contributed by atoms with Gasteiger partial charge >= 0.3 is 0 Å². The summed E-state index contributed by atoms with van der Waals surface area (Å²) >= 11 is 0. The number of nitrogens with zero attached hydrogens (tertiary/aromatic N) is 2. The van der Waals surface area contributed by atoms with Crippen molar-refractivity contribution in [3.05, 3.63) is 35.9 Å². The van der Waals surface area contributed by atoms with Gasteiger partial charge in [-0.1, -0.05) is 18.2 Å². The van der Waals surface area contributed by atoms with E-state index in [1.54, 1.807) is 0 Å². The molecule has 4 heteroatoms. The average Bonchev–Trinajstić information content (AvgIpc) is 2.42. The molecule has 2 N–H and O–H groups in total. The maximum absolute atomic E-state index is 5.77. The first-order valence-electron chi connectivity index (χ1n) is 6.57. The highest BCUT2D eigenvalue weighted by Gasteiger charge is 2.06. The van der Waals surface area contributed by atoms with Crippen LogP contribution in [-0.2, 0) is 6.54 Å². The molecule has 0 bridgehead atoms. The molecule has 0 saturated heterocycles. The summed E-state index contributed by atoms with van der Waals surface area (Å²) in [5.74, 6) is 0.667. The molecule has 102 valence electrons. The Hall–Kier alpha value is -1.65. The zero-order valence-electron chi connectivity index (χ0n) is 11.6. The van der Waals surface area contributed by atoms with Gasteiger partial charge < -0.3 is 15.4 Å². The summed E-state index contributed by atoms with van der Waals surface area (Å²) in [5.41, 5.74) is 7.67. The maximum Gasteiger partial charge on any atom is 0.218 e. The summed E-state index contributed by atoms with van der Waals surface area (Å²) in [6.07, 6.45) is 0.978. The van der Waals surface area contributed by atoms with E-state index in [9.17, 15) is 0 Å². The number of fused-ring (bicyclic) bond motifs is 1. The monoisotopic (exact) mass is 259 g/mol. The van der Waals surface area contributed by atoms with Gasteiger partial charge in [-0.3, -0.25) is 0 Å². The van der Waals surface area contributed by atoms with E-state index in [0.29, 0.717) is 19.0 Å². The molecule has 2 rings (SSSR count). The molecule has 2 aromatic rings. The number of para-hydroxylation sites is 1. The highest BCUT2D eigenvalue weighted by atomic mass is 16.5. The lowest BCUT2D eigenvalue weighted by Crippen LogP contribution is -2.16. The van der Waals surface area contributed by atoms with Gasteiger partial charge in [-0.2, -0.15) is 0 Å². The third-order valence-electron chi connectivity index (χ3n) is 2.97. The van der Waals surface area contributed by atoms with Crippen LogP contribution in [0.15, 0.2) is 30.3 Å². The van der Waals surface area contributed by atoms with Crippen LogP contribution in [0, 0.1) is 0 Å². The van der Waals surface area contributed by atoms with Crippen molar-refractivity contribution in [3.8, 4) is 5.88 Å². The Bertz CT molecular complexity index is 540. The molecule has 0 saturated carbocycles. The van der Waals surface area contributed by atoms with E-state index in [1.165, 1.54) is 0 Å². The lowest BCUT2D eigenvalue weighted by atomic mass is 10.1. The lowest BCUT2D eigenvalue weighted by molar-refractivity contribution is 0.271. The fourth-order valence-electron chi connectivity index (χ4n) is 1.96. The topological polar surface area (TPSA) is 51.4 Å². The fraction of sp³-hybridized carbons (Fsp3) is 0.400. The molecule has 0 aliphatic carbocycles. The van der Waals surface area contributed by atoms with Crippen LogP contribution in [0.5, 0.6) is 5.88 Å². The van der Waals surface area contributed by atoms with Crippen LogP contribution in [0.3, 0.4) is 0 Å². The number of rotatable bonds is 6. The van der Waals surface area contributed by atoms with E-state index >= 15 is 0 Å². The first-order chi connectivity index (χ1) is 9.20. The van der Waals surface area contributed by atoms with Crippen molar-refractivity contribution >= 4 is 10.9 Å². The van der Waals surface area contributed by atoms with Gasteiger partial charge in [-0.15, -0.1) is 0 Å². The predicted molar refractivity (Wildman–Crippen MR) is 78.3 cm³/mol. The summed E-state index contributed by atoms with van der Waals surface area (Å²) in [5, 5.41) is 1.10. The number of pyridine rings is 1. The van der Waals surface area contributed by atoms with Crippen molar-refractivity contribution in [1.29, 1.82) is 0 Å². The van der Waals surface area contributed by atoms with Crippen molar-refractivity contribution in [2.24, 2.45) is 5.73 Å². The van der Waals surface area contributed by atoms with E-state index < -0.39 is 0 Å². The minimum atomic E-state index is 0.445. The molecule has 0 amide bonds. The number of nitrogens with two attached hydrogens (primary N) is 1. The third-order valence-corrected chi connectivity index (χ3v) is 2.97. The molecule has 4 nitrogen and oxygen atoms in total. The standard InChI is InChI=1S/C15H21N3O/c1-18(2)8-5-9-19-15-13(11-16)10-12-6-3-4-7-14(12)17-15/h3-4,6-7,10H,5,8-9,11,16H2,1-2H3. The number of ether oxygens (including phenoxy) is 1. The summed E-state index contributed by atoms with van der Waals surface area (Å²) in [7, 11) is 4.11. The van der Waals surface area contributed by atoms with E-state index in [1.807, 2.05) is 24.3 Å². The van der Waals surface area contributed by atoms with E-state index in [0.717, 1.165) is 29.4 Å². The largest absolute Gasteiger partial charge is 0.477 e. The number of hydrogen-bond acceptors (Lipinski definition) is 4. The van der Waals surface area contributed by atoms with Gasteiger partial charge in [0.2, 0.25) is 5.88 Å². The van der Waals surface area contributed by atoms with E-state index in [4.69, 9.17) is 10.5 Å². The summed E-state index contributed by atoms with van der Waals surface area (Å²) < 4.78 is 5.77. The molecular formula is C15H21N3O. The van der Waals surface area contributed by atoms with Crippen molar-refractivity contribution in [3.63, 3.8) is 0 Å². The minimum absolute atomic E-state index is 0.445. The smallest absolute Gasteiger partial charge is 0.218 e. The van der Waals surface area contributed by atoms with Crippen LogP contribution in [0.2, 0.25) is 0 Å². The Balaban J connectivity index is 2.12. The Morgan fingerprint density at radius 3 is 2.79 bits per heavy atom. The molecule has 19 heavy (non-hydrogen) atoms. The number of aromatic nitrogens is 1. The minimum Gasteiger partial charge on any atom is -0.477 e. The second kappa shape index (κ2) is 6.50. The normalized spacial score (nSPS) is 11.2. The van der Waals surface area contributed by atoms with Crippen LogP contribution in [0.25, 0.3) is 10.9 Å². The number of hydrogen-bond donors (Lipinski definition) is 1. The Kier molecular flexibility index (Phi) is 4.71. The van der Waals surface area contributed by atoms with Gasteiger partial charge in [0.1, 0.15) is 0 Å². The highest BCUT2D eigenvalue weighted by molar-refractivity contribution is 5.79. The van der Waals surface area contributed by atoms with Gasteiger partial charge in [0, 0.05) is 24.0 Å². The maximum atomic E-state index is 5.77. The first kappa shape index (κ1) is 13.8. The molecule has 0 aliphatic heterocycles. The quantitative estimate of drug-likeness (QED) is 0.806. The zero-order valence-corrected chi connectivity index (χ0v) is 11.6. The molecule has 1 aromatic carbocycles. The average molecular weight is 259 g/mol. The molecule has 0 aliphatic rings. The van der Waals surface area contributed by atoms with Crippen molar-refractivity contribution in [2.75, 3.05) is 27.2 Å². The van der Waals surface area contributed by atoms with Crippen LogP contribution in [0.1, 0.15) is 12.0 Å². The summed E-state index contributed by atoms with van der Waals surface area (Å²) in [6.45, 7) is 2.11. The van der Waals surface area contributed by atoms with Gasteiger partial charge in [0.15, 0.2) is 0 Å². The molecular weight excluding hydrogens is 238 g/mol. The van der Waals surface area contributed by atoms with Crippen LogP contribution in [0.4, 0.5) is 0 Å². The Morgan fingerprint density at radius 2 is 2.05 bits per heavy atom. The van der Waals surface area contributed by atoms with Crippen LogP contribution in [-0.4, -0.2) is 37.1 Å². The fourth-order valence-corrected chi connectivity index (χ4v) is 1.96. The Morgan fingerprint density at radius 1 is 1.26 bits per heavy atom. The summed E-state index contributed by atoms with van der Waals surface area (Å²) in [4.78, 5) is 6.69. The van der Waals surface area contributed by atoms with Gasteiger partial charge in [0.05, 0.1) is 12.1 Å². The van der Waals surface area contributed by atoms with Crippen LogP contribution < -0.4 is 10.5 Å². The molecule has 0 atom stereocenters. The molecule has 1 heterocycles.